The van der Waals surface area contributed by atoms with E-state index in [1.165, 1.54) is 10.5 Å². The highest BCUT2D eigenvalue weighted by Gasteiger charge is 2.37. The van der Waals surface area contributed by atoms with Crippen molar-refractivity contribution in [3.63, 3.8) is 0 Å². The average molecular weight is 348 g/mol. The Morgan fingerprint density at radius 2 is 1.50 bits per heavy atom. The Labute approximate surface area is 154 Å². The number of hydrogen-bond acceptors (Lipinski definition) is 3. The summed E-state index contributed by atoms with van der Waals surface area (Å²) >= 11 is 0. The fourth-order valence-corrected chi connectivity index (χ4v) is 4.36. The van der Waals surface area contributed by atoms with E-state index in [1.54, 1.807) is 12.1 Å². The van der Waals surface area contributed by atoms with E-state index in [1.807, 2.05) is 18.2 Å². The minimum atomic E-state index is -0.140. The number of imide groups is 1. The standard InChI is InChI=1S/C22H24N2O2/c1-16-11-18(14-23(12-16)13-17-7-3-2-4-8-17)15-24-21(25)19-9-5-6-10-20(19)22(24)26/h2-10,16,18H,11-15H2,1H3. The number of likely N-dealkylation sites (tertiary alicyclic amines) is 1. The molecule has 2 aliphatic heterocycles. The van der Waals surface area contributed by atoms with Crippen molar-refractivity contribution in [2.75, 3.05) is 19.6 Å². The van der Waals surface area contributed by atoms with Crippen LogP contribution in [0.2, 0.25) is 0 Å². The predicted octanol–water partition coefficient (Wildman–Crippen LogP) is 3.44. The van der Waals surface area contributed by atoms with Gasteiger partial charge in [0.05, 0.1) is 11.1 Å². The molecule has 2 aromatic rings. The third kappa shape index (κ3) is 3.29. The molecule has 0 N–H and O–H groups in total. The molecule has 0 radical (unpaired) electrons. The Morgan fingerprint density at radius 3 is 2.15 bits per heavy atom. The first kappa shape index (κ1) is 17.0. The van der Waals surface area contributed by atoms with Crippen LogP contribution < -0.4 is 0 Å². The van der Waals surface area contributed by atoms with Crippen molar-refractivity contribution in [3.8, 4) is 0 Å². The van der Waals surface area contributed by atoms with Gasteiger partial charge in [-0.1, -0.05) is 49.4 Å². The van der Waals surface area contributed by atoms with Crippen LogP contribution in [0.1, 0.15) is 39.6 Å². The van der Waals surface area contributed by atoms with Crippen LogP contribution in [0.4, 0.5) is 0 Å². The molecule has 26 heavy (non-hydrogen) atoms. The van der Waals surface area contributed by atoms with Crippen LogP contribution in [0.3, 0.4) is 0 Å². The van der Waals surface area contributed by atoms with Gasteiger partial charge in [0.1, 0.15) is 0 Å². The van der Waals surface area contributed by atoms with E-state index in [9.17, 15) is 9.59 Å². The second-order valence-corrected chi connectivity index (χ2v) is 7.65. The van der Waals surface area contributed by atoms with E-state index in [0.29, 0.717) is 29.5 Å². The molecule has 1 fully saturated rings. The molecule has 4 nitrogen and oxygen atoms in total. The lowest BCUT2D eigenvalue weighted by atomic mass is 9.89. The zero-order chi connectivity index (χ0) is 18.1. The minimum absolute atomic E-state index is 0.140. The van der Waals surface area contributed by atoms with Gasteiger partial charge in [0.2, 0.25) is 0 Å². The molecule has 2 aliphatic rings. The Bertz CT molecular complexity index is 783. The summed E-state index contributed by atoms with van der Waals surface area (Å²) in [6, 6.07) is 17.6. The number of hydrogen-bond donors (Lipinski definition) is 0. The summed E-state index contributed by atoms with van der Waals surface area (Å²) < 4.78 is 0. The van der Waals surface area contributed by atoms with E-state index < -0.39 is 0 Å². The fraction of sp³-hybridized carbons (Fsp3) is 0.364. The van der Waals surface area contributed by atoms with Gasteiger partial charge in [0, 0.05) is 26.2 Å². The molecule has 0 saturated carbocycles. The highest BCUT2D eigenvalue weighted by Crippen LogP contribution is 2.28. The van der Waals surface area contributed by atoms with Crippen LogP contribution in [0.25, 0.3) is 0 Å². The molecule has 0 aromatic heterocycles. The maximum atomic E-state index is 12.6. The zero-order valence-electron chi connectivity index (χ0n) is 15.1. The monoisotopic (exact) mass is 348 g/mol. The lowest BCUT2D eigenvalue weighted by Gasteiger charge is -2.37. The second-order valence-electron chi connectivity index (χ2n) is 7.65. The van der Waals surface area contributed by atoms with Gasteiger partial charge in [-0.05, 0) is 36.0 Å². The number of carbonyl (C=O) groups excluding carboxylic acids is 2. The van der Waals surface area contributed by atoms with Gasteiger partial charge in [0.25, 0.3) is 11.8 Å². The topological polar surface area (TPSA) is 40.6 Å². The summed E-state index contributed by atoms with van der Waals surface area (Å²) in [6.45, 7) is 5.68. The summed E-state index contributed by atoms with van der Waals surface area (Å²) in [4.78, 5) is 29.2. The number of fused-ring (bicyclic) bond motifs is 1. The van der Waals surface area contributed by atoms with Crippen molar-refractivity contribution in [3.05, 3.63) is 71.3 Å². The quantitative estimate of drug-likeness (QED) is 0.795. The molecular formula is C22H24N2O2. The molecule has 0 aliphatic carbocycles. The smallest absolute Gasteiger partial charge is 0.261 e. The lowest BCUT2D eigenvalue weighted by Crippen LogP contribution is -2.45. The predicted molar refractivity (Wildman–Crippen MR) is 101 cm³/mol. The van der Waals surface area contributed by atoms with E-state index in [4.69, 9.17) is 0 Å². The first-order valence-electron chi connectivity index (χ1n) is 9.33. The van der Waals surface area contributed by atoms with Gasteiger partial charge in [-0.2, -0.15) is 0 Å². The molecule has 0 spiro atoms. The minimum Gasteiger partial charge on any atom is -0.298 e. The molecular weight excluding hydrogens is 324 g/mol. The second kappa shape index (κ2) is 7.04. The van der Waals surface area contributed by atoms with Gasteiger partial charge in [-0.25, -0.2) is 0 Å². The van der Waals surface area contributed by atoms with Crippen LogP contribution in [-0.2, 0) is 6.54 Å². The van der Waals surface area contributed by atoms with Crippen molar-refractivity contribution in [1.82, 2.24) is 9.80 Å². The third-order valence-corrected chi connectivity index (χ3v) is 5.39. The maximum absolute atomic E-state index is 12.6. The first-order valence-corrected chi connectivity index (χ1v) is 9.33. The zero-order valence-corrected chi connectivity index (χ0v) is 15.1. The summed E-state index contributed by atoms with van der Waals surface area (Å²) in [5.74, 6) is 0.606. The number of piperidine rings is 1. The Hall–Kier alpha value is -2.46. The van der Waals surface area contributed by atoms with Crippen molar-refractivity contribution >= 4 is 11.8 Å². The highest BCUT2D eigenvalue weighted by molar-refractivity contribution is 6.21. The molecule has 4 heteroatoms. The normalized spacial score (nSPS) is 23.3. The largest absolute Gasteiger partial charge is 0.298 e. The van der Waals surface area contributed by atoms with Gasteiger partial charge in [0.15, 0.2) is 0 Å². The molecule has 2 amide bonds. The molecule has 2 aromatic carbocycles. The van der Waals surface area contributed by atoms with Crippen molar-refractivity contribution in [1.29, 1.82) is 0 Å². The third-order valence-electron chi connectivity index (χ3n) is 5.39. The summed E-state index contributed by atoms with van der Waals surface area (Å²) in [7, 11) is 0. The van der Waals surface area contributed by atoms with E-state index >= 15 is 0 Å². The van der Waals surface area contributed by atoms with Gasteiger partial charge in [-0.3, -0.25) is 19.4 Å². The summed E-state index contributed by atoms with van der Waals surface area (Å²) in [5, 5.41) is 0. The molecule has 134 valence electrons. The first-order chi connectivity index (χ1) is 12.6. The summed E-state index contributed by atoms with van der Waals surface area (Å²) in [6.07, 6.45) is 1.05. The van der Waals surface area contributed by atoms with E-state index in [0.717, 1.165) is 26.1 Å². The molecule has 2 unspecified atom stereocenters. The van der Waals surface area contributed by atoms with Gasteiger partial charge < -0.3 is 0 Å². The van der Waals surface area contributed by atoms with Gasteiger partial charge >= 0.3 is 0 Å². The van der Waals surface area contributed by atoms with Crippen LogP contribution in [0.5, 0.6) is 0 Å². The molecule has 0 bridgehead atoms. The van der Waals surface area contributed by atoms with E-state index in [-0.39, 0.29) is 11.8 Å². The number of nitrogens with zero attached hydrogens (tertiary/aromatic N) is 2. The Kier molecular flexibility index (Phi) is 4.60. The highest BCUT2D eigenvalue weighted by atomic mass is 16.2. The van der Waals surface area contributed by atoms with Crippen LogP contribution >= 0.6 is 0 Å². The van der Waals surface area contributed by atoms with Crippen molar-refractivity contribution in [2.24, 2.45) is 11.8 Å². The lowest BCUT2D eigenvalue weighted by molar-refractivity contribution is 0.0551. The SMILES string of the molecule is CC1CC(CN2C(=O)c3ccccc3C2=O)CN(Cc2ccccc2)C1. The van der Waals surface area contributed by atoms with Crippen molar-refractivity contribution in [2.45, 2.75) is 19.9 Å². The van der Waals surface area contributed by atoms with E-state index in [2.05, 4.69) is 36.1 Å². The fourth-order valence-electron chi connectivity index (χ4n) is 4.36. The Balaban J connectivity index is 1.45. The number of carbonyl (C=O) groups is 2. The number of rotatable bonds is 4. The number of benzene rings is 2. The summed E-state index contributed by atoms with van der Waals surface area (Å²) in [5.41, 5.74) is 2.39. The molecule has 1 saturated heterocycles. The van der Waals surface area contributed by atoms with Crippen LogP contribution in [0.15, 0.2) is 54.6 Å². The maximum Gasteiger partial charge on any atom is 0.261 e. The average Bonchev–Trinajstić information content (AvgIpc) is 2.87. The molecule has 4 rings (SSSR count). The molecule has 2 heterocycles. The van der Waals surface area contributed by atoms with Crippen LogP contribution in [-0.4, -0.2) is 41.2 Å². The Morgan fingerprint density at radius 1 is 0.885 bits per heavy atom. The number of amides is 2. The van der Waals surface area contributed by atoms with Crippen LogP contribution in [0, 0.1) is 11.8 Å². The van der Waals surface area contributed by atoms with Crippen molar-refractivity contribution < 1.29 is 9.59 Å². The molecule has 2 atom stereocenters. The van der Waals surface area contributed by atoms with Gasteiger partial charge in [-0.15, -0.1) is 0 Å².